The Kier molecular flexibility index (Phi) is 11.2. The van der Waals surface area contributed by atoms with Crippen LogP contribution >= 0.6 is 0 Å². The van der Waals surface area contributed by atoms with E-state index in [2.05, 4.69) is 96.7 Å². The molecule has 4 aromatic heterocycles. The van der Waals surface area contributed by atoms with Crippen LogP contribution in [0.3, 0.4) is 0 Å². The lowest BCUT2D eigenvalue weighted by atomic mass is 10.00. The number of rotatable bonds is 12. The van der Waals surface area contributed by atoms with Gasteiger partial charge in [-0.25, -0.2) is 9.59 Å². The van der Waals surface area contributed by atoms with Gasteiger partial charge in [-0.05, 0) is 129 Å². The molecule has 4 heterocycles. The molecule has 6 aromatic rings. The summed E-state index contributed by atoms with van der Waals surface area (Å²) in [7, 11) is 0. The summed E-state index contributed by atoms with van der Waals surface area (Å²) in [5.41, 5.74) is 8.80. The monoisotopic (exact) mass is 752 g/mol. The Morgan fingerprint density at radius 2 is 1.16 bits per heavy atom. The molecule has 0 unspecified atom stereocenters. The number of aromatic nitrogens is 4. The fraction of sp³-hybridized carbons (Fsp3) is 0.417. The highest BCUT2D eigenvalue weighted by atomic mass is 16.6. The minimum Gasteiger partial charge on any atom is -0.478 e. The van der Waals surface area contributed by atoms with E-state index in [0.29, 0.717) is 53.3 Å². The summed E-state index contributed by atoms with van der Waals surface area (Å²) < 4.78 is 10.3. The van der Waals surface area contributed by atoms with Crippen LogP contribution in [-0.2, 0) is 30.7 Å². The fourth-order valence-corrected chi connectivity index (χ4v) is 7.62. The molecule has 0 bridgehead atoms. The molecule has 1 N–H and O–H groups in total. The zero-order valence-electron chi connectivity index (χ0n) is 34.0. The summed E-state index contributed by atoms with van der Waals surface area (Å²) in [6, 6.07) is 20.8. The number of hydrogen-bond donors (Lipinski definition) is 1. The van der Waals surface area contributed by atoms with Crippen LogP contribution < -0.4 is 0 Å². The van der Waals surface area contributed by atoms with E-state index in [0.717, 1.165) is 48.3 Å². The standard InChI is InChI=1S/C26H32N2O2.C22H24N2O2/c1-17(2)16-28-12-11-21-19(7-6-8-24(21)28)14-23-22(25(29)30-26(3,4)5)13-20(15-27-23)18-9-10-18;1-14(2)13-24-9-8-18-16(4-3-5-21(18)24)11-20-19(22(25)26)10-17(12-23-20)15-6-7-15/h6-8,11-13,15,17-18H,9-10,14,16H2,1-5H3;3-5,8-10,12,14-15H,6-7,11,13H2,1-2H3,(H,25,26). The maximum absolute atomic E-state index is 13.0. The molecule has 8 nitrogen and oxygen atoms in total. The largest absolute Gasteiger partial charge is 0.478 e. The van der Waals surface area contributed by atoms with E-state index in [1.807, 2.05) is 51.4 Å². The van der Waals surface area contributed by atoms with Crippen molar-refractivity contribution in [3.63, 3.8) is 0 Å². The van der Waals surface area contributed by atoms with Crippen LogP contribution in [0.2, 0.25) is 0 Å². The first-order valence-electron chi connectivity index (χ1n) is 20.3. The maximum Gasteiger partial charge on any atom is 0.340 e. The molecule has 56 heavy (non-hydrogen) atoms. The summed E-state index contributed by atoms with van der Waals surface area (Å²) in [4.78, 5) is 34.0. The van der Waals surface area contributed by atoms with Gasteiger partial charge in [-0.2, -0.15) is 0 Å². The normalized spacial score (nSPS) is 14.4. The molecule has 8 heteroatoms. The molecular formula is C48H56N4O4. The fourth-order valence-electron chi connectivity index (χ4n) is 7.62. The number of hydrogen-bond acceptors (Lipinski definition) is 5. The van der Waals surface area contributed by atoms with Gasteiger partial charge in [0, 0.05) is 72.5 Å². The topological polar surface area (TPSA) is 99.2 Å². The molecule has 8 rings (SSSR count). The second kappa shape index (κ2) is 16.1. The third-order valence-electron chi connectivity index (χ3n) is 10.6. The van der Waals surface area contributed by atoms with Crippen molar-refractivity contribution in [2.45, 2.75) is 118 Å². The van der Waals surface area contributed by atoms with Crippen molar-refractivity contribution in [1.82, 2.24) is 19.1 Å². The van der Waals surface area contributed by atoms with Gasteiger partial charge in [-0.3, -0.25) is 9.97 Å². The van der Waals surface area contributed by atoms with Crippen molar-refractivity contribution >= 4 is 33.7 Å². The lowest BCUT2D eigenvalue weighted by Gasteiger charge is -2.21. The van der Waals surface area contributed by atoms with E-state index in [-0.39, 0.29) is 5.97 Å². The predicted molar refractivity (Wildman–Crippen MR) is 224 cm³/mol. The molecule has 0 atom stereocenters. The quantitative estimate of drug-likeness (QED) is 0.125. The van der Waals surface area contributed by atoms with Crippen LogP contribution in [0.15, 0.2) is 85.5 Å². The van der Waals surface area contributed by atoms with Crippen molar-refractivity contribution in [3.05, 3.63) is 130 Å². The van der Waals surface area contributed by atoms with E-state index in [1.165, 1.54) is 40.2 Å². The number of benzene rings is 2. The number of carboxylic acid groups (broad SMARTS) is 1. The summed E-state index contributed by atoms with van der Waals surface area (Å²) in [6.07, 6.45) is 13.9. The number of ether oxygens (including phenoxy) is 1. The minimum atomic E-state index is -0.889. The van der Waals surface area contributed by atoms with Crippen molar-refractivity contribution < 1.29 is 19.4 Å². The molecule has 0 spiro atoms. The highest BCUT2D eigenvalue weighted by molar-refractivity contribution is 5.92. The first-order chi connectivity index (χ1) is 26.7. The van der Waals surface area contributed by atoms with Crippen molar-refractivity contribution in [3.8, 4) is 0 Å². The Hall–Kier alpha value is -5.24. The molecule has 0 saturated heterocycles. The molecule has 2 aromatic carbocycles. The zero-order valence-corrected chi connectivity index (χ0v) is 34.0. The number of carboxylic acids is 1. The Morgan fingerprint density at radius 1 is 0.714 bits per heavy atom. The number of esters is 1. The van der Waals surface area contributed by atoms with Gasteiger partial charge in [0.1, 0.15) is 5.60 Å². The van der Waals surface area contributed by atoms with Gasteiger partial charge in [-0.1, -0.05) is 52.0 Å². The second-order valence-electron chi connectivity index (χ2n) is 17.7. The van der Waals surface area contributed by atoms with E-state index < -0.39 is 11.6 Å². The Bertz CT molecular complexity index is 2370. The van der Waals surface area contributed by atoms with Crippen molar-refractivity contribution in [2.75, 3.05) is 0 Å². The number of carbonyl (C=O) groups is 2. The molecule has 2 aliphatic rings. The van der Waals surface area contributed by atoms with E-state index >= 15 is 0 Å². The average molecular weight is 753 g/mol. The van der Waals surface area contributed by atoms with E-state index in [9.17, 15) is 14.7 Å². The molecule has 0 aliphatic heterocycles. The van der Waals surface area contributed by atoms with Crippen LogP contribution in [0.1, 0.15) is 140 Å². The second-order valence-corrected chi connectivity index (χ2v) is 17.7. The number of pyridine rings is 2. The molecule has 2 aliphatic carbocycles. The lowest BCUT2D eigenvalue weighted by molar-refractivity contribution is 0.00675. The molecule has 0 radical (unpaired) electrons. The summed E-state index contributed by atoms with van der Waals surface area (Å²) in [5, 5.41) is 12.0. The Labute approximate surface area is 330 Å². The Morgan fingerprint density at radius 3 is 1.57 bits per heavy atom. The van der Waals surface area contributed by atoms with Gasteiger partial charge in [-0.15, -0.1) is 0 Å². The third kappa shape index (κ3) is 9.23. The zero-order chi connectivity index (χ0) is 39.7. The molecule has 2 fully saturated rings. The summed E-state index contributed by atoms with van der Waals surface area (Å²) >= 11 is 0. The van der Waals surface area contributed by atoms with Crippen molar-refractivity contribution in [2.24, 2.45) is 11.8 Å². The lowest BCUT2D eigenvalue weighted by Crippen LogP contribution is -2.25. The third-order valence-corrected chi connectivity index (χ3v) is 10.6. The van der Waals surface area contributed by atoms with Gasteiger partial charge in [0.15, 0.2) is 0 Å². The maximum atomic E-state index is 13.0. The summed E-state index contributed by atoms with van der Waals surface area (Å²) in [6.45, 7) is 16.6. The number of aromatic carboxylic acids is 1. The van der Waals surface area contributed by atoms with E-state index in [1.54, 1.807) is 0 Å². The van der Waals surface area contributed by atoms with E-state index in [4.69, 9.17) is 9.72 Å². The van der Waals surface area contributed by atoms with Gasteiger partial charge in [0.05, 0.1) is 22.5 Å². The first-order valence-corrected chi connectivity index (χ1v) is 20.3. The number of nitrogens with zero attached hydrogens (tertiary/aromatic N) is 4. The van der Waals surface area contributed by atoms with Crippen LogP contribution in [0.5, 0.6) is 0 Å². The van der Waals surface area contributed by atoms with Crippen LogP contribution in [0.4, 0.5) is 0 Å². The first kappa shape index (κ1) is 39.0. The molecule has 2 saturated carbocycles. The van der Waals surface area contributed by atoms with Gasteiger partial charge < -0.3 is 19.0 Å². The number of carbonyl (C=O) groups excluding carboxylic acids is 1. The molecule has 0 amide bonds. The molecular weight excluding hydrogens is 697 g/mol. The highest BCUT2D eigenvalue weighted by Crippen LogP contribution is 2.41. The average Bonchev–Trinajstić information content (AvgIpc) is 4.08. The van der Waals surface area contributed by atoms with Gasteiger partial charge in [0.25, 0.3) is 0 Å². The van der Waals surface area contributed by atoms with Gasteiger partial charge >= 0.3 is 11.9 Å². The SMILES string of the molecule is CC(C)Cn1ccc2c(Cc3ncc(C4CC4)cc3C(=O)O)cccc21.CC(C)Cn1ccc2c(Cc3ncc(C4CC4)cc3C(=O)OC(C)(C)C)cccc21. The molecule has 292 valence electrons. The highest BCUT2D eigenvalue weighted by Gasteiger charge is 2.28. The van der Waals surface area contributed by atoms with Crippen LogP contribution in [0.25, 0.3) is 21.8 Å². The smallest absolute Gasteiger partial charge is 0.340 e. The van der Waals surface area contributed by atoms with Gasteiger partial charge in [0.2, 0.25) is 0 Å². The van der Waals surface area contributed by atoms with Crippen molar-refractivity contribution in [1.29, 1.82) is 0 Å². The van der Waals surface area contributed by atoms with Crippen LogP contribution in [-0.4, -0.2) is 41.7 Å². The summed E-state index contributed by atoms with van der Waals surface area (Å²) in [5.74, 6) is 1.03. The minimum absolute atomic E-state index is 0.281. The Balaban J connectivity index is 0.000000173. The van der Waals surface area contributed by atoms with Crippen LogP contribution in [0, 0.1) is 11.8 Å². The number of fused-ring (bicyclic) bond motifs is 2. The predicted octanol–water partition coefficient (Wildman–Crippen LogP) is 11.0.